The second kappa shape index (κ2) is 10.5. The van der Waals surface area contributed by atoms with Crippen LogP contribution in [0.2, 0.25) is 4.34 Å². The van der Waals surface area contributed by atoms with Gasteiger partial charge in [0.25, 0.3) is 10.0 Å². The van der Waals surface area contributed by atoms with E-state index in [9.17, 15) is 45.3 Å². The molecule has 41 heavy (non-hydrogen) atoms. The summed E-state index contributed by atoms with van der Waals surface area (Å²) in [6.45, 7) is 1.22. The SMILES string of the molecule is CC1=C(C#N)[C@@H](c2ccc(C#N)cc2S(C)(=O)=O)N(S(=O)(=O)c2ccc(Cl)s2)C(=O)N1c1cccc(C(F)(F)F)c1. The number of nitrogens with zero attached hydrogens (tertiary/aromatic N) is 4. The minimum Gasteiger partial charge on any atom is -0.265 e. The molecule has 0 saturated carbocycles. The zero-order valence-electron chi connectivity index (χ0n) is 20.8. The molecule has 4 rings (SSSR count). The van der Waals surface area contributed by atoms with Gasteiger partial charge in [-0.1, -0.05) is 23.7 Å². The van der Waals surface area contributed by atoms with Gasteiger partial charge >= 0.3 is 12.2 Å². The number of hydrogen-bond donors (Lipinski definition) is 0. The summed E-state index contributed by atoms with van der Waals surface area (Å²) in [7, 11) is -9.07. The summed E-state index contributed by atoms with van der Waals surface area (Å²) in [6, 6.07) is 9.46. The van der Waals surface area contributed by atoms with Gasteiger partial charge in [0.15, 0.2) is 9.84 Å². The number of carbonyl (C=O) groups is 1. The fourth-order valence-corrected chi connectivity index (χ4v) is 8.28. The Labute approximate surface area is 241 Å². The van der Waals surface area contributed by atoms with Crippen molar-refractivity contribution in [3.63, 3.8) is 0 Å². The lowest BCUT2D eigenvalue weighted by Crippen LogP contribution is -2.52. The number of sulfone groups is 1. The summed E-state index contributed by atoms with van der Waals surface area (Å²) in [5.74, 6) is 0. The molecular weight excluding hydrogens is 625 g/mol. The first-order chi connectivity index (χ1) is 19.0. The van der Waals surface area contributed by atoms with E-state index < -0.39 is 58.4 Å². The van der Waals surface area contributed by atoms with Crippen LogP contribution in [0.1, 0.15) is 29.7 Å². The number of carbonyl (C=O) groups excluding carboxylic acids is 1. The molecular formula is C25H16ClF3N4O5S3. The molecule has 2 heterocycles. The standard InChI is InChI=1S/C25H16ClF3N4O5S3/c1-14-19(13-31)23(18-7-6-15(12-30)10-20(18)40(2,35)36)33(41(37,38)22-9-8-21(26)39-22)24(34)32(14)17-5-3-4-16(11-17)25(27,28)29/h3-11,23H,1-2H3/t23-/m1/s1. The monoisotopic (exact) mass is 640 g/mol. The van der Waals surface area contributed by atoms with Crippen molar-refractivity contribution in [1.82, 2.24) is 4.31 Å². The van der Waals surface area contributed by atoms with Crippen molar-refractivity contribution in [2.75, 3.05) is 11.2 Å². The first-order valence-corrected chi connectivity index (χ1v) is 15.7. The van der Waals surface area contributed by atoms with Crippen LogP contribution in [0.5, 0.6) is 0 Å². The van der Waals surface area contributed by atoms with Gasteiger partial charge in [0, 0.05) is 12.0 Å². The summed E-state index contributed by atoms with van der Waals surface area (Å²) in [5.41, 5.74) is -2.61. The number of urea groups is 1. The maximum atomic E-state index is 14.1. The van der Waals surface area contributed by atoms with Crippen molar-refractivity contribution in [2.45, 2.75) is 28.2 Å². The van der Waals surface area contributed by atoms with Gasteiger partial charge in [0.05, 0.1) is 43.8 Å². The van der Waals surface area contributed by atoms with Crippen LogP contribution in [-0.2, 0) is 26.0 Å². The van der Waals surface area contributed by atoms with Gasteiger partial charge in [0.1, 0.15) is 10.3 Å². The summed E-state index contributed by atoms with van der Waals surface area (Å²) in [5, 5.41) is 19.5. The number of rotatable bonds is 5. The van der Waals surface area contributed by atoms with E-state index in [1.165, 1.54) is 19.1 Å². The van der Waals surface area contributed by atoms with E-state index in [-0.39, 0.29) is 31.2 Å². The lowest BCUT2D eigenvalue weighted by atomic mass is 9.94. The van der Waals surface area contributed by atoms with Gasteiger partial charge in [-0.3, -0.25) is 4.90 Å². The third kappa shape index (κ3) is 5.41. The van der Waals surface area contributed by atoms with Crippen molar-refractivity contribution in [2.24, 2.45) is 0 Å². The van der Waals surface area contributed by atoms with Crippen LogP contribution in [0.15, 0.2) is 75.0 Å². The second-order valence-corrected chi connectivity index (χ2v) is 14.4. The number of sulfonamides is 1. The fraction of sp³-hybridized carbons (Fsp3) is 0.160. The summed E-state index contributed by atoms with van der Waals surface area (Å²) in [6.07, 6.45) is -4.01. The van der Waals surface area contributed by atoms with Gasteiger partial charge in [0.2, 0.25) is 0 Å². The average Bonchev–Trinajstić information content (AvgIpc) is 3.34. The predicted octanol–water partition coefficient (Wildman–Crippen LogP) is 5.87. The Morgan fingerprint density at radius 3 is 2.22 bits per heavy atom. The average molecular weight is 641 g/mol. The Hall–Kier alpha value is -3.89. The smallest absolute Gasteiger partial charge is 0.265 e. The van der Waals surface area contributed by atoms with Crippen LogP contribution in [0, 0.1) is 22.7 Å². The number of hydrogen-bond acceptors (Lipinski definition) is 8. The molecule has 1 aromatic heterocycles. The molecule has 0 saturated heterocycles. The molecule has 0 N–H and O–H groups in total. The number of anilines is 1. The lowest BCUT2D eigenvalue weighted by molar-refractivity contribution is -0.137. The van der Waals surface area contributed by atoms with Crippen molar-refractivity contribution in [1.29, 1.82) is 10.5 Å². The summed E-state index contributed by atoms with van der Waals surface area (Å²) < 4.78 is 93.8. The first kappa shape index (κ1) is 30.1. The minimum atomic E-state index is -4.90. The molecule has 16 heteroatoms. The lowest BCUT2D eigenvalue weighted by Gasteiger charge is -2.41. The molecule has 0 unspecified atom stereocenters. The molecule has 0 fully saturated rings. The Morgan fingerprint density at radius 1 is 1.00 bits per heavy atom. The number of alkyl halides is 3. The molecule has 0 bridgehead atoms. The van der Waals surface area contributed by atoms with Crippen LogP contribution >= 0.6 is 22.9 Å². The summed E-state index contributed by atoms with van der Waals surface area (Å²) in [4.78, 5) is 14.2. The number of benzene rings is 2. The van der Waals surface area contributed by atoms with E-state index in [1.807, 2.05) is 6.07 Å². The first-order valence-electron chi connectivity index (χ1n) is 11.2. The number of halogens is 4. The maximum absolute atomic E-state index is 14.1. The van der Waals surface area contributed by atoms with E-state index in [0.29, 0.717) is 22.3 Å². The van der Waals surface area contributed by atoms with Crippen molar-refractivity contribution < 1.29 is 34.8 Å². The number of thiophene rings is 1. The van der Waals surface area contributed by atoms with Crippen molar-refractivity contribution in [3.8, 4) is 12.1 Å². The highest BCUT2D eigenvalue weighted by atomic mass is 35.5. The van der Waals surface area contributed by atoms with Crippen LogP contribution in [-0.4, -0.2) is 33.4 Å². The van der Waals surface area contributed by atoms with Gasteiger partial charge in [-0.25, -0.2) is 25.9 Å². The molecule has 1 atom stereocenters. The van der Waals surface area contributed by atoms with E-state index >= 15 is 0 Å². The van der Waals surface area contributed by atoms with Crippen molar-refractivity contribution >= 4 is 54.5 Å². The number of amides is 2. The molecule has 3 aromatic rings. The topological polar surface area (TPSA) is 139 Å². The van der Waals surface area contributed by atoms with Gasteiger partial charge < -0.3 is 0 Å². The van der Waals surface area contributed by atoms with Crippen molar-refractivity contribution in [3.05, 3.63) is 86.9 Å². The molecule has 0 radical (unpaired) electrons. The third-order valence-corrected chi connectivity index (χ3v) is 10.7. The second-order valence-electron chi connectivity index (χ2n) is 8.68. The zero-order chi connectivity index (χ0) is 30.5. The minimum absolute atomic E-state index is 0.0294. The van der Waals surface area contributed by atoms with E-state index in [0.717, 1.165) is 42.7 Å². The van der Waals surface area contributed by atoms with Crippen LogP contribution < -0.4 is 4.90 Å². The largest absolute Gasteiger partial charge is 0.416 e. The normalized spacial score (nSPS) is 16.5. The maximum Gasteiger partial charge on any atom is 0.416 e. The van der Waals surface area contributed by atoms with Gasteiger partial charge in [-0.05, 0) is 55.0 Å². The van der Waals surface area contributed by atoms with E-state index in [2.05, 4.69) is 0 Å². The Bertz CT molecular complexity index is 1920. The summed E-state index contributed by atoms with van der Waals surface area (Å²) >= 11 is 6.51. The highest BCUT2D eigenvalue weighted by Gasteiger charge is 2.48. The van der Waals surface area contributed by atoms with E-state index in [1.54, 1.807) is 6.07 Å². The number of allylic oxidation sites excluding steroid dienone is 1. The van der Waals surface area contributed by atoms with Crippen LogP contribution in [0.3, 0.4) is 0 Å². The molecule has 1 aliphatic rings. The molecule has 0 aliphatic carbocycles. The fourth-order valence-electron chi connectivity index (χ4n) is 4.26. The molecule has 9 nitrogen and oxygen atoms in total. The highest BCUT2D eigenvalue weighted by Crippen LogP contribution is 2.45. The third-order valence-electron chi connectivity index (χ3n) is 6.06. The Kier molecular flexibility index (Phi) is 7.70. The Balaban J connectivity index is 2.11. The van der Waals surface area contributed by atoms with Crippen LogP contribution in [0.4, 0.5) is 23.7 Å². The Morgan fingerprint density at radius 2 is 1.68 bits per heavy atom. The quantitative estimate of drug-likeness (QED) is 0.340. The van der Waals surface area contributed by atoms with Gasteiger partial charge in [-0.2, -0.15) is 23.7 Å². The molecule has 2 amide bonds. The van der Waals surface area contributed by atoms with Gasteiger partial charge in [-0.15, -0.1) is 11.3 Å². The molecule has 0 spiro atoms. The zero-order valence-corrected chi connectivity index (χ0v) is 24.0. The highest BCUT2D eigenvalue weighted by molar-refractivity contribution is 7.92. The number of nitriles is 2. The molecule has 2 aromatic carbocycles. The molecule has 1 aliphatic heterocycles. The molecule has 212 valence electrons. The van der Waals surface area contributed by atoms with E-state index in [4.69, 9.17) is 11.6 Å². The van der Waals surface area contributed by atoms with Crippen LogP contribution in [0.25, 0.3) is 0 Å². The predicted molar refractivity (Wildman–Crippen MR) is 143 cm³/mol.